The summed E-state index contributed by atoms with van der Waals surface area (Å²) in [5, 5.41) is 4.36. The maximum absolute atomic E-state index is 5.82. The summed E-state index contributed by atoms with van der Waals surface area (Å²) >= 11 is 1.81. The summed E-state index contributed by atoms with van der Waals surface area (Å²) in [4.78, 5) is 8.45. The number of thiazole rings is 1. The molecule has 20 heavy (non-hydrogen) atoms. The summed E-state index contributed by atoms with van der Waals surface area (Å²) in [7, 11) is 4.12. The van der Waals surface area contributed by atoms with E-state index in [0.29, 0.717) is 12.0 Å². The zero-order chi connectivity index (χ0) is 14.5. The first kappa shape index (κ1) is 15.7. The highest BCUT2D eigenvalue weighted by atomic mass is 32.1. The second-order valence-electron chi connectivity index (χ2n) is 5.86. The summed E-state index contributed by atoms with van der Waals surface area (Å²) in [6.07, 6.45) is 4.05. The van der Waals surface area contributed by atoms with Gasteiger partial charge in [-0.25, -0.2) is 4.98 Å². The lowest BCUT2D eigenvalue weighted by Gasteiger charge is -2.27. The van der Waals surface area contributed by atoms with E-state index in [0.717, 1.165) is 24.8 Å². The van der Waals surface area contributed by atoms with Gasteiger partial charge >= 0.3 is 0 Å². The van der Waals surface area contributed by atoms with Gasteiger partial charge in [-0.15, -0.1) is 11.3 Å². The zero-order valence-corrected chi connectivity index (χ0v) is 13.9. The number of nitrogens with one attached hydrogen (secondary N) is 1. The van der Waals surface area contributed by atoms with Crippen LogP contribution in [0.15, 0.2) is 0 Å². The van der Waals surface area contributed by atoms with Crippen molar-refractivity contribution >= 4 is 16.5 Å². The van der Waals surface area contributed by atoms with Gasteiger partial charge in [0.25, 0.3) is 0 Å². The summed E-state index contributed by atoms with van der Waals surface area (Å²) in [5.41, 5.74) is 1.23. The summed E-state index contributed by atoms with van der Waals surface area (Å²) in [6.45, 7) is 7.19. The van der Waals surface area contributed by atoms with Gasteiger partial charge < -0.3 is 15.0 Å². The Morgan fingerprint density at radius 1 is 1.45 bits per heavy atom. The molecule has 1 aliphatic heterocycles. The Balaban J connectivity index is 2.04. The highest BCUT2D eigenvalue weighted by Crippen LogP contribution is 2.30. The van der Waals surface area contributed by atoms with Crippen LogP contribution >= 0.6 is 11.3 Å². The van der Waals surface area contributed by atoms with Crippen molar-refractivity contribution in [1.29, 1.82) is 0 Å². The summed E-state index contributed by atoms with van der Waals surface area (Å²) in [5.74, 6) is 0.475. The molecule has 1 fully saturated rings. The van der Waals surface area contributed by atoms with Crippen molar-refractivity contribution in [2.24, 2.45) is 0 Å². The van der Waals surface area contributed by atoms with E-state index in [1.807, 2.05) is 7.05 Å². The van der Waals surface area contributed by atoms with E-state index in [2.05, 4.69) is 31.1 Å². The molecule has 0 bridgehead atoms. The van der Waals surface area contributed by atoms with E-state index in [9.17, 15) is 0 Å². The second-order valence-corrected chi connectivity index (χ2v) is 6.92. The molecule has 1 aromatic heterocycles. The lowest BCUT2D eigenvalue weighted by molar-refractivity contribution is 0.0216. The Morgan fingerprint density at radius 3 is 2.85 bits per heavy atom. The lowest BCUT2D eigenvalue weighted by Crippen LogP contribution is -2.33. The molecule has 114 valence electrons. The molecule has 0 aromatic carbocycles. The third-order valence-electron chi connectivity index (χ3n) is 3.68. The third kappa shape index (κ3) is 3.93. The first-order valence-corrected chi connectivity index (χ1v) is 8.40. The predicted octanol–water partition coefficient (Wildman–Crippen LogP) is 2.99. The number of nitrogens with zero attached hydrogens (tertiary/aromatic N) is 2. The fourth-order valence-corrected chi connectivity index (χ4v) is 3.78. The number of hydrogen-bond acceptors (Lipinski definition) is 5. The molecule has 5 heteroatoms. The van der Waals surface area contributed by atoms with Gasteiger partial charge in [0.2, 0.25) is 0 Å². The molecule has 0 aliphatic carbocycles. The number of ether oxygens (including phenoxy) is 1. The molecule has 4 nitrogen and oxygen atoms in total. The van der Waals surface area contributed by atoms with Crippen LogP contribution < -0.4 is 10.2 Å². The quantitative estimate of drug-likeness (QED) is 0.876. The van der Waals surface area contributed by atoms with Crippen molar-refractivity contribution in [3.05, 3.63) is 10.6 Å². The normalized spacial score (nSPS) is 19.6. The molecule has 1 N–H and O–H groups in total. The van der Waals surface area contributed by atoms with Crippen LogP contribution in [0.3, 0.4) is 0 Å². The van der Waals surface area contributed by atoms with Crippen molar-refractivity contribution in [3.63, 3.8) is 0 Å². The molecule has 1 saturated heterocycles. The summed E-state index contributed by atoms with van der Waals surface area (Å²) in [6, 6.07) is 0. The SMILES string of the molecule is CNCc1sc(N(C)CC2CCCCO2)nc1C(C)C. The molecule has 0 spiro atoms. The highest BCUT2D eigenvalue weighted by molar-refractivity contribution is 7.15. The minimum Gasteiger partial charge on any atom is -0.376 e. The van der Waals surface area contributed by atoms with E-state index in [-0.39, 0.29) is 0 Å². The molecule has 1 aliphatic rings. The fourth-order valence-electron chi connectivity index (χ4n) is 2.59. The minimum atomic E-state index is 0.368. The van der Waals surface area contributed by atoms with E-state index < -0.39 is 0 Å². The minimum absolute atomic E-state index is 0.368. The molecule has 2 heterocycles. The van der Waals surface area contributed by atoms with E-state index in [1.165, 1.54) is 29.8 Å². The Labute approximate surface area is 126 Å². The van der Waals surface area contributed by atoms with Gasteiger partial charge in [0.15, 0.2) is 5.13 Å². The van der Waals surface area contributed by atoms with Crippen molar-refractivity contribution in [3.8, 4) is 0 Å². The van der Waals surface area contributed by atoms with Crippen molar-refractivity contribution < 1.29 is 4.74 Å². The van der Waals surface area contributed by atoms with Gasteiger partial charge in [-0.05, 0) is 32.2 Å². The van der Waals surface area contributed by atoms with Crippen molar-refractivity contribution in [1.82, 2.24) is 10.3 Å². The van der Waals surface area contributed by atoms with Crippen LogP contribution in [0.2, 0.25) is 0 Å². The predicted molar refractivity (Wildman–Crippen MR) is 85.8 cm³/mol. The Bertz CT molecular complexity index is 413. The molecule has 1 atom stereocenters. The zero-order valence-electron chi connectivity index (χ0n) is 13.1. The number of anilines is 1. The Hall–Kier alpha value is -0.650. The monoisotopic (exact) mass is 297 g/mol. The van der Waals surface area contributed by atoms with Crippen LogP contribution in [-0.4, -0.2) is 38.3 Å². The van der Waals surface area contributed by atoms with Gasteiger partial charge in [0.1, 0.15) is 0 Å². The van der Waals surface area contributed by atoms with Crippen LogP contribution in [0.5, 0.6) is 0 Å². The van der Waals surface area contributed by atoms with Crippen LogP contribution in [0.1, 0.15) is 49.6 Å². The van der Waals surface area contributed by atoms with E-state index in [4.69, 9.17) is 9.72 Å². The smallest absolute Gasteiger partial charge is 0.185 e. The van der Waals surface area contributed by atoms with Crippen LogP contribution in [0.25, 0.3) is 0 Å². The molecular formula is C15H27N3OS. The van der Waals surface area contributed by atoms with Gasteiger partial charge in [-0.2, -0.15) is 0 Å². The topological polar surface area (TPSA) is 37.4 Å². The van der Waals surface area contributed by atoms with Crippen LogP contribution in [-0.2, 0) is 11.3 Å². The molecule has 1 unspecified atom stereocenters. The Morgan fingerprint density at radius 2 is 2.25 bits per heavy atom. The molecule has 2 rings (SSSR count). The fraction of sp³-hybridized carbons (Fsp3) is 0.800. The molecule has 0 radical (unpaired) electrons. The third-order valence-corrected chi connectivity index (χ3v) is 4.86. The standard InChI is InChI=1S/C15H27N3OS/c1-11(2)14-13(9-16-3)20-15(17-14)18(4)10-12-7-5-6-8-19-12/h11-12,16H,5-10H2,1-4H3. The second kappa shape index (κ2) is 7.38. The number of hydrogen-bond donors (Lipinski definition) is 1. The first-order chi connectivity index (χ1) is 9.61. The first-order valence-electron chi connectivity index (χ1n) is 7.58. The van der Waals surface area contributed by atoms with Gasteiger partial charge in [0, 0.05) is 31.6 Å². The van der Waals surface area contributed by atoms with Crippen molar-refractivity contribution in [2.75, 3.05) is 32.1 Å². The van der Waals surface area contributed by atoms with Gasteiger partial charge in [0.05, 0.1) is 11.8 Å². The van der Waals surface area contributed by atoms with E-state index in [1.54, 1.807) is 11.3 Å². The average Bonchev–Trinajstić information content (AvgIpc) is 2.85. The molecular weight excluding hydrogens is 270 g/mol. The van der Waals surface area contributed by atoms with Gasteiger partial charge in [-0.3, -0.25) is 0 Å². The maximum Gasteiger partial charge on any atom is 0.185 e. The maximum atomic E-state index is 5.82. The molecule has 0 saturated carbocycles. The van der Waals surface area contributed by atoms with Crippen LogP contribution in [0, 0.1) is 0 Å². The van der Waals surface area contributed by atoms with Crippen LogP contribution in [0.4, 0.5) is 5.13 Å². The lowest BCUT2D eigenvalue weighted by atomic mass is 10.1. The molecule has 0 amide bonds. The number of aromatic nitrogens is 1. The average molecular weight is 297 g/mol. The molecule has 1 aromatic rings. The van der Waals surface area contributed by atoms with Gasteiger partial charge in [-0.1, -0.05) is 13.8 Å². The van der Waals surface area contributed by atoms with E-state index >= 15 is 0 Å². The number of likely N-dealkylation sites (N-methyl/N-ethyl adjacent to an activating group) is 1. The van der Waals surface area contributed by atoms with Crippen molar-refractivity contribution in [2.45, 2.75) is 51.7 Å². The largest absolute Gasteiger partial charge is 0.376 e. The summed E-state index contributed by atoms with van der Waals surface area (Å²) < 4.78 is 5.82. The number of rotatable bonds is 6. The Kier molecular flexibility index (Phi) is 5.81. The highest BCUT2D eigenvalue weighted by Gasteiger charge is 2.20.